The van der Waals surface area contributed by atoms with E-state index in [0.717, 1.165) is 55.3 Å². The molecule has 0 saturated carbocycles. The predicted molar refractivity (Wildman–Crippen MR) is 167 cm³/mol. The van der Waals surface area contributed by atoms with Crippen LogP contribution in [0.3, 0.4) is 0 Å². The van der Waals surface area contributed by atoms with Crippen LogP contribution in [0.2, 0.25) is 0 Å². The zero-order valence-electron chi connectivity index (χ0n) is 28.2. The normalized spacial score (nSPS) is 22.1. The molecule has 3 heterocycles. The first-order chi connectivity index (χ1) is 22.1. The van der Waals surface area contributed by atoms with Crippen LogP contribution in [0.25, 0.3) is 0 Å². The summed E-state index contributed by atoms with van der Waals surface area (Å²) >= 11 is 0. The maximum absolute atomic E-state index is 13.8. The molecule has 2 aromatic carbocycles. The molecule has 2 aromatic rings. The first-order valence-corrected chi connectivity index (χ1v) is 15.8. The third-order valence-corrected chi connectivity index (χ3v) is 10.0. The summed E-state index contributed by atoms with van der Waals surface area (Å²) in [6.07, 6.45) is 4.04. The average Bonchev–Trinajstić information content (AvgIpc) is 3.05. The van der Waals surface area contributed by atoms with Crippen LogP contribution in [0, 0.1) is 11.8 Å². The number of methoxy groups -OCH3 is 4. The Labute approximate surface area is 298 Å². The van der Waals surface area contributed by atoms with Crippen molar-refractivity contribution in [1.82, 2.24) is 9.80 Å². The largest absolute Gasteiger partial charge is 1.00 e. The Kier molecular flexibility index (Phi) is 12.3. The molecule has 12 heteroatoms. The van der Waals surface area contributed by atoms with Crippen molar-refractivity contribution in [2.75, 3.05) is 48.1 Å². The Morgan fingerprint density at radius 2 is 1.43 bits per heavy atom. The first-order valence-electron chi connectivity index (χ1n) is 15.8. The van der Waals surface area contributed by atoms with Gasteiger partial charge in [-0.2, -0.15) is 0 Å². The molecule has 1 N–H and O–H groups in total. The molecule has 4 atom stereocenters. The number of benzene rings is 2. The molecule has 3 aliphatic rings. The second kappa shape index (κ2) is 15.8. The molecular weight excluding hydrogens is 615 g/mol. The van der Waals surface area contributed by atoms with Crippen molar-refractivity contribution in [3.63, 3.8) is 0 Å². The number of hydrogen-bond acceptors (Lipinski definition) is 9. The molecule has 0 aliphatic carbocycles. The second-order valence-corrected chi connectivity index (χ2v) is 12.3. The van der Waals surface area contributed by atoms with Crippen molar-refractivity contribution in [1.29, 1.82) is 0 Å². The minimum Gasteiger partial charge on any atom is -0.550 e. The summed E-state index contributed by atoms with van der Waals surface area (Å²) in [7, 11) is 6.45. The molecule has 1 amide bonds. The van der Waals surface area contributed by atoms with Gasteiger partial charge in [0.2, 0.25) is 5.91 Å². The van der Waals surface area contributed by atoms with Crippen LogP contribution in [-0.4, -0.2) is 80.8 Å². The molecule has 0 spiro atoms. The molecule has 11 nitrogen and oxygen atoms in total. The average molecular weight is 659 g/mol. The molecule has 1 fully saturated rings. The smallest absolute Gasteiger partial charge is 0.550 e. The molecule has 0 bridgehead atoms. The number of hydrogen-bond donors (Lipinski definition) is 1. The van der Waals surface area contributed by atoms with Gasteiger partial charge in [0.25, 0.3) is 0 Å². The molecule has 1 saturated heterocycles. The minimum atomic E-state index is -1.56. The zero-order valence-corrected chi connectivity index (χ0v) is 30.2. The Bertz CT molecular complexity index is 1530. The number of carbonyl (C=O) groups excluding carboxylic acids is 2. The maximum atomic E-state index is 13.8. The van der Waals surface area contributed by atoms with Crippen LogP contribution < -0.4 is 53.6 Å². The minimum absolute atomic E-state index is 0. The number of ether oxygens (including phenoxy) is 4. The summed E-state index contributed by atoms with van der Waals surface area (Å²) in [5, 5.41) is 20.9. The standard InChI is InChI=1S/C35H44N2O9.Na/c1-6-20-19-36-9-7-21-13-29(43-2)31(45-4)17-25(21)27(36)11-23(20)12-28-26-18-32(46-5)30(44-3)14-22(26)8-10-37(28)33(38)15-24(35(41)42)16-34(39)40;/h13-15,17-18,20,23,27-28H,6-12,16,19H2,1-5H3,(H,39,40)(H,41,42);/q;+1/p-1/b24-15-;/t20-,23+,27-,28+;/m0./s1. The number of carboxylic acids is 2. The van der Waals surface area contributed by atoms with E-state index in [9.17, 15) is 24.6 Å². The van der Waals surface area contributed by atoms with E-state index in [1.807, 2.05) is 12.1 Å². The third-order valence-electron chi connectivity index (χ3n) is 10.0. The van der Waals surface area contributed by atoms with Crippen molar-refractivity contribution in [2.24, 2.45) is 11.8 Å². The number of carbonyl (C=O) groups is 3. The van der Waals surface area contributed by atoms with E-state index in [0.29, 0.717) is 42.6 Å². The number of fused-ring (bicyclic) bond motifs is 4. The summed E-state index contributed by atoms with van der Waals surface area (Å²) in [6, 6.07) is 7.86. The van der Waals surface area contributed by atoms with Gasteiger partial charge in [0.05, 0.1) is 34.5 Å². The van der Waals surface area contributed by atoms with Gasteiger partial charge in [-0.1, -0.05) is 13.3 Å². The van der Waals surface area contributed by atoms with Crippen molar-refractivity contribution in [3.05, 3.63) is 58.2 Å². The molecule has 5 rings (SSSR count). The van der Waals surface area contributed by atoms with E-state index < -0.39 is 29.8 Å². The van der Waals surface area contributed by atoms with E-state index in [-0.39, 0.29) is 47.6 Å². The third kappa shape index (κ3) is 7.58. The van der Waals surface area contributed by atoms with Crippen LogP contribution in [0.15, 0.2) is 35.9 Å². The molecule has 47 heavy (non-hydrogen) atoms. The molecular formula is C35H43N2NaO9. The van der Waals surface area contributed by atoms with Crippen LogP contribution in [0.1, 0.15) is 66.9 Å². The van der Waals surface area contributed by atoms with Gasteiger partial charge in [0.15, 0.2) is 23.0 Å². The summed E-state index contributed by atoms with van der Waals surface area (Å²) in [6.45, 7) is 4.43. The maximum Gasteiger partial charge on any atom is 1.00 e. The van der Waals surface area contributed by atoms with Gasteiger partial charge in [0.1, 0.15) is 0 Å². The fourth-order valence-electron chi connectivity index (χ4n) is 7.66. The monoisotopic (exact) mass is 658 g/mol. The zero-order chi connectivity index (χ0) is 33.1. The summed E-state index contributed by atoms with van der Waals surface area (Å²) in [5.41, 5.74) is 3.95. The van der Waals surface area contributed by atoms with Crippen LogP contribution >= 0.6 is 0 Å². The Balaban J connectivity index is 0.00000500. The molecule has 3 aliphatic heterocycles. The Morgan fingerprint density at radius 3 is 1.98 bits per heavy atom. The molecule has 248 valence electrons. The van der Waals surface area contributed by atoms with Gasteiger partial charge in [-0.05, 0) is 84.0 Å². The predicted octanol–water partition coefficient (Wildman–Crippen LogP) is 0.337. The van der Waals surface area contributed by atoms with Crippen molar-refractivity contribution >= 4 is 17.8 Å². The van der Waals surface area contributed by atoms with E-state index in [1.54, 1.807) is 33.3 Å². The molecule has 0 radical (unpaired) electrons. The number of rotatable bonds is 11. The van der Waals surface area contributed by atoms with Crippen LogP contribution in [0.4, 0.5) is 0 Å². The Morgan fingerprint density at radius 1 is 0.872 bits per heavy atom. The fraction of sp³-hybridized carbons (Fsp3) is 0.514. The van der Waals surface area contributed by atoms with Gasteiger partial charge in [0, 0.05) is 49.7 Å². The SMILES string of the molecule is CC[C@H]1CN2CCc3cc(OC)c(OC)cc3[C@@H]2C[C@@H]1C[C@@H]1c2cc(OC)c(OC)cc2CCN1C(=O)/C=C(/CC(=O)[O-])C(=O)O.[Na+]. The van der Waals surface area contributed by atoms with E-state index in [4.69, 9.17) is 18.9 Å². The van der Waals surface area contributed by atoms with E-state index >= 15 is 0 Å². The summed E-state index contributed by atoms with van der Waals surface area (Å²) in [5.74, 6) is -0.369. The number of amides is 1. The molecule has 0 unspecified atom stereocenters. The van der Waals surface area contributed by atoms with Gasteiger partial charge in [-0.15, -0.1) is 0 Å². The van der Waals surface area contributed by atoms with Gasteiger partial charge in [-0.25, -0.2) is 4.79 Å². The van der Waals surface area contributed by atoms with Crippen LogP contribution in [0.5, 0.6) is 23.0 Å². The van der Waals surface area contributed by atoms with Crippen molar-refractivity contribution in [2.45, 2.75) is 57.5 Å². The topological polar surface area (TPSA) is 138 Å². The van der Waals surface area contributed by atoms with E-state index in [1.165, 1.54) is 11.1 Å². The van der Waals surface area contributed by atoms with E-state index in [2.05, 4.69) is 24.0 Å². The summed E-state index contributed by atoms with van der Waals surface area (Å²) < 4.78 is 22.5. The van der Waals surface area contributed by atoms with Crippen molar-refractivity contribution in [3.8, 4) is 23.0 Å². The Hall–Kier alpha value is -3.25. The van der Waals surface area contributed by atoms with Crippen molar-refractivity contribution < 1.29 is 73.1 Å². The first kappa shape index (κ1) is 36.6. The molecule has 0 aromatic heterocycles. The second-order valence-electron chi connectivity index (χ2n) is 12.3. The number of piperidine rings is 1. The number of nitrogens with zero attached hydrogens (tertiary/aromatic N) is 2. The number of carboxylic acid groups (broad SMARTS) is 2. The summed E-state index contributed by atoms with van der Waals surface area (Å²) in [4.78, 5) is 41.1. The van der Waals surface area contributed by atoms with Gasteiger partial charge >= 0.3 is 35.5 Å². The fourth-order valence-corrected chi connectivity index (χ4v) is 7.66. The quantitative estimate of drug-likeness (QED) is 0.266. The van der Waals surface area contributed by atoms with Gasteiger partial charge in [-0.3, -0.25) is 9.69 Å². The van der Waals surface area contributed by atoms with Crippen LogP contribution in [-0.2, 0) is 27.2 Å². The number of aliphatic carboxylic acids is 2. The van der Waals surface area contributed by atoms with Gasteiger partial charge < -0.3 is 38.9 Å².